The Bertz CT molecular complexity index is 1780. The maximum Gasteiger partial charge on any atom is 0.416 e. The van der Waals surface area contributed by atoms with Crippen LogP contribution in [0.3, 0.4) is 0 Å². The number of benzene rings is 2. The van der Waals surface area contributed by atoms with Gasteiger partial charge in [-0.1, -0.05) is 40.2 Å². The summed E-state index contributed by atoms with van der Waals surface area (Å²) in [4.78, 5) is 29.3. The van der Waals surface area contributed by atoms with Crippen LogP contribution < -0.4 is 0 Å². The van der Waals surface area contributed by atoms with E-state index in [4.69, 9.17) is 11.6 Å². The van der Waals surface area contributed by atoms with Crippen molar-refractivity contribution in [2.24, 2.45) is 0 Å². The molecule has 3 heterocycles. The van der Waals surface area contributed by atoms with Gasteiger partial charge >= 0.3 is 12.4 Å². The van der Waals surface area contributed by atoms with Crippen LogP contribution >= 0.6 is 11.6 Å². The Hall–Kier alpha value is -4.92. The van der Waals surface area contributed by atoms with E-state index in [2.05, 4.69) is 25.6 Å². The summed E-state index contributed by atoms with van der Waals surface area (Å²) in [5, 5.41) is 16.0. The average Bonchev–Trinajstić information content (AvgIpc) is 3.57. The maximum atomic E-state index is 14.1. The quantitative estimate of drug-likeness (QED) is 0.123. The predicted molar refractivity (Wildman–Crippen MR) is 139 cm³/mol. The lowest BCUT2D eigenvalue weighted by molar-refractivity contribution is -0.143. The third-order valence-corrected chi connectivity index (χ3v) is 6.54. The molecule has 0 saturated carbocycles. The molecule has 3 aromatic heterocycles. The molecule has 0 aliphatic carbocycles. The van der Waals surface area contributed by atoms with Crippen LogP contribution in [0.2, 0.25) is 5.02 Å². The number of ketones is 1. The third kappa shape index (κ3) is 6.02. The zero-order valence-electron chi connectivity index (χ0n) is 21.4. The van der Waals surface area contributed by atoms with Gasteiger partial charge in [0.15, 0.2) is 5.69 Å². The van der Waals surface area contributed by atoms with E-state index >= 15 is 0 Å². The summed E-state index contributed by atoms with van der Waals surface area (Å²) in [6.45, 7) is -0.990. The predicted octanol–water partition coefficient (Wildman–Crippen LogP) is 5.77. The van der Waals surface area contributed by atoms with Crippen LogP contribution in [0.1, 0.15) is 32.9 Å². The first-order chi connectivity index (χ1) is 20.4. The zero-order chi connectivity index (χ0) is 30.9. The van der Waals surface area contributed by atoms with Crippen molar-refractivity contribution in [1.29, 1.82) is 0 Å². The second kappa shape index (κ2) is 11.4. The van der Waals surface area contributed by atoms with E-state index < -0.39 is 41.4 Å². The third-order valence-electron chi connectivity index (χ3n) is 6.21. The molecule has 0 fully saturated rings. The number of pyridine rings is 1. The Morgan fingerprint density at radius 3 is 2.09 bits per heavy atom. The van der Waals surface area contributed by atoms with Crippen molar-refractivity contribution in [3.05, 3.63) is 100 Å². The highest BCUT2D eigenvalue weighted by molar-refractivity contribution is 6.33. The molecular weight excluding hydrogens is 604 g/mol. The first-order valence-electron chi connectivity index (χ1n) is 12.2. The van der Waals surface area contributed by atoms with Crippen LogP contribution in [-0.2, 0) is 30.2 Å². The molecule has 2 aromatic carbocycles. The van der Waals surface area contributed by atoms with Gasteiger partial charge in [-0.25, -0.2) is 9.36 Å². The number of halogens is 7. The molecule has 0 atom stereocenters. The maximum absolute atomic E-state index is 14.1. The van der Waals surface area contributed by atoms with E-state index in [0.29, 0.717) is 24.0 Å². The van der Waals surface area contributed by atoms with Gasteiger partial charge in [-0.15, -0.1) is 10.2 Å². The molecule has 5 aromatic rings. The van der Waals surface area contributed by atoms with Gasteiger partial charge in [-0.2, -0.15) is 26.3 Å². The fraction of sp³-hybridized carbons (Fsp3) is 0.148. The molecule has 0 N–H and O–H groups in total. The lowest BCUT2D eigenvalue weighted by Crippen LogP contribution is -2.15. The highest BCUT2D eigenvalue weighted by Gasteiger charge is 2.37. The van der Waals surface area contributed by atoms with E-state index in [9.17, 15) is 35.9 Å². The van der Waals surface area contributed by atoms with E-state index in [1.54, 1.807) is 24.3 Å². The van der Waals surface area contributed by atoms with E-state index in [0.717, 1.165) is 9.36 Å². The molecule has 0 amide bonds. The Kier molecular flexibility index (Phi) is 7.84. The van der Waals surface area contributed by atoms with Crippen molar-refractivity contribution in [2.45, 2.75) is 25.4 Å². The fourth-order valence-electron chi connectivity index (χ4n) is 4.34. The monoisotopic (exact) mass is 619 g/mol. The van der Waals surface area contributed by atoms with Gasteiger partial charge in [-0.3, -0.25) is 9.78 Å². The number of hydrogen-bond acceptors (Lipinski definition) is 7. The summed E-state index contributed by atoms with van der Waals surface area (Å²) in [5.74, 6) is -0.833. The van der Waals surface area contributed by atoms with Crippen molar-refractivity contribution in [2.75, 3.05) is 0 Å². The van der Waals surface area contributed by atoms with Crippen LogP contribution in [0.15, 0.2) is 67.0 Å². The lowest BCUT2D eigenvalue weighted by Gasteiger charge is -2.15. The molecule has 0 aliphatic rings. The molecular formula is C27H16ClF6N7O2. The van der Waals surface area contributed by atoms with Gasteiger partial charge in [0, 0.05) is 23.5 Å². The minimum atomic E-state index is -5.06. The van der Waals surface area contributed by atoms with Crippen molar-refractivity contribution >= 4 is 23.7 Å². The first-order valence-corrected chi connectivity index (χ1v) is 12.5. The van der Waals surface area contributed by atoms with Crippen LogP contribution in [0.25, 0.3) is 22.5 Å². The SMILES string of the molecule is O=CCn1nnc(-c2ccccc2Cl)c1C(=O)c1nnn(Cc2cc(C(F)(F)F)cc(C(F)(F)F)c2)c1-c1ccncc1. The smallest absolute Gasteiger partial charge is 0.301 e. The molecule has 0 bridgehead atoms. The Labute approximate surface area is 242 Å². The largest absolute Gasteiger partial charge is 0.416 e. The van der Waals surface area contributed by atoms with Crippen molar-refractivity contribution in [3.63, 3.8) is 0 Å². The lowest BCUT2D eigenvalue weighted by atomic mass is 10.0. The number of hydrogen-bond donors (Lipinski definition) is 0. The van der Waals surface area contributed by atoms with Gasteiger partial charge in [-0.05, 0) is 42.0 Å². The zero-order valence-corrected chi connectivity index (χ0v) is 22.2. The number of carbonyl (C=O) groups excluding carboxylic acids is 2. The Morgan fingerprint density at radius 1 is 0.860 bits per heavy atom. The normalized spacial score (nSPS) is 12.0. The molecule has 220 valence electrons. The number of aldehydes is 1. The van der Waals surface area contributed by atoms with Gasteiger partial charge in [0.25, 0.3) is 0 Å². The van der Waals surface area contributed by atoms with Crippen LogP contribution in [0.5, 0.6) is 0 Å². The highest BCUT2D eigenvalue weighted by Crippen LogP contribution is 2.37. The highest BCUT2D eigenvalue weighted by atomic mass is 35.5. The molecule has 0 radical (unpaired) electrons. The fourth-order valence-corrected chi connectivity index (χ4v) is 4.56. The number of carbonyl (C=O) groups is 2. The Morgan fingerprint density at radius 2 is 1.49 bits per heavy atom. The number of alkyl halides is 6. The summed E-state index contributed by atoms with van der Waals surface area (Å²) >= 11 is 6.32. The van der Waals surface area contributed by atoms with E-state index in [1.165, 1.54) is 24.5 Å². The number of aromatic nitrogens is 7. The molecule has 43 heavy (non-hydrogen) atoms. The topological polar surface area (TPSA) is 108 Å². The summed E-state index contributed by atoms with van der Waals surface area (Å²) < 4.78 is 83.0. The molecule has 5 rings (SSSR count). The number of nitrogens with zero attached hydrogens (tertiary/aromatic N) is 7. The van der Waals surface area contributed by atoms with Crippen molar-refractivity contribution in [1.82, 2.24) is 35.0 Å². The second-order valence-corrected chi connectivity index (χ2v) is 9.45. The van der Waals surface area contributed by atoms with Gasteiger partial charge < -0.3 is 4.79 Å². The summed E-state index contributed by atoms with van der Waals surface area (Å²) in [6, 6.07) is 10.4. The molecule has 0 spiro atoms. The Balaban J connectivity index is 1.67. The summed E-state index contributed by atoms with van der Waals surface area (Å²) in [5.41, 5.74) is -3.38. The van der Waals surface area contributed by atoms with Crippen molar-refractivity contribution in [3.8, 4) is 22.5 Å². The first kappa shape index (κ1) is 29.6. The van der Waals surface area contributed by atoms with E-state index in [1.807, 2.05) is 0 Å². The molecule has 0 saturated heterocycles. The molecule has 16 heteroatoms. The van der Waals surface area contributed by atoms with Gasteiger partial charge in [0.2, 0.25) is 5.78 Å². The van der Waals surface area contributed by atoms with Crippen LogP contribution in [-0.4, -0.2) is 47.0 Å². The van der Waals surface area contributed by atoms with E-state index in [-0.39, 0.29) is 46.0 Å². The summed E-state index contributed by atoms with van der Waals surface area (Å²) in [7, 11) is 0. The van der Waals surface area contributed by atoms with Crippen LogP contribution in [0, 0.1) is 0 Å². The minimum absolute atomic E-state index is 0.0142. The average molecular weight is 620 g/mol. The van der Waals surface area contributed by atoms with Gasteiger partial charge in [0.1, 0.15) is 23.4 Å². The molecule has 9 nitrogen and oxygen atoms in total. The number of rotatable bonds is 8. The van der Waals surface area contributed by atoms with Crippen molar-refractivity contribution < 1.29 is 35.9 Å². The minimum Gasteiger partial charge on any atom is -0.301 e. The van der Waals surface area contributed by atoms with Crippen LogP contribution in [0.4, 0.5) is 26.3 Å². The molecule has 0 unspecified atom stereocenters. The van der Waals surface area contributed by atoms with Gasteiger partial charge in [0.05, 0.1) is 29.2 Å². The second-order valence-electron chi connectivity index (χ2n) is 9.04. The standard InChI is InChI=1S/C27H16ClF6N7O2/c28-20-4-2-1-3-19(20)21-24(40(9-10-42)38-36-21)25(43)22-23(16-5-7-35-8-6-16)41(39-37-22)14-15-11-17(26(29,30)31)13-18(12-15)27(32,33)34/h1-8,10-13H,9,14H2. The summed E-state index contributed by atoms with van der Waals surface area (Å²) in [6.07, 6.45) is -6.92. The molecule has 0 aliphatic heterocycles.